The predicted molar refractivity (Wildman–Crippen MR) is 144 cm³/mol. The van der Waals surface area contributed by atoms with Gasteiger partial charge in [-0.25, -0.2) is 4.79 Å². The summed E-state index contributed by atoms with van der Waals surface area (Å²) in [6.45, 7) is 6.31. The Morgan fingerprint density at radius 3 is 2.11 bits per heavy atom. The number of aliphatic hydroxyl groups is 1. The number of amides is 1. The number of para-hydroxylation sites is 1. The van der Waals surface area contributed by atoms with E-state index >= 15 is 0 Å². The first-order chi connectivity index (χ1) is 17.3. The summed E-state index contributed by atoms with van der Waals surface area (Å²) in [6.07, 6.45) is 0.783. The highest BCUT2D eigenvalue weighted by atomic mass is 16.6. The van der Waals surface area contributed by atoms with Gasteiger partial charge in [0.25, 0.3) is 0 Å². The molecule has 0 unspecified atom stereocenters. The van der Waals surface area contributed by atoms with Crippen LogP contribution in [0.1, 0.15) is 37.5 Å². The van der Waals surface area contributed by atoms with Gasteiger partial charge in [0, 0.05) is 25.6 Å². The van der Waals surface area contributed by atoms with Crippen LogP contribution in [-0.4, -0.2) is 37.2 Å². The molecule has 36 heavy (non-hydrogen) atoms. The Morgan fingerprint density at radius 2 is 1.50 bits per heavy atom. The van der Waals surface area contributed by atoms with Crippen LogP contribution in [0.2, 0.25) is 0 Å². The second-order valence-corrected chi connectivity index (χ2v) is 8.52. The third kappa shape index (κ3) is 10.7. The zero-order valence-electron chi connectivity index (χ0n) is 21.8. The lowest BCUT2D eigenvalue weighted by atomic mass is 10.0. The molecule has 3 aromatic carbocycles. The molecule has 4 N–H and O–H groups in total. The van der Waals surface area contributed by atoms with Gasteiger partial charge >= 0.3 is 6.09 Å². The average molecular weight is 495 g/mol. The second kappa shape index (κ2) is 16.1. The van der Waals surface area contributed by atoms with Crippen LogP contribution in [-0.2, 0) is 29.1 Å². The molecule has 0 saturated heterocycles. The Labute approximate surface area is 214 Å². The van der Waals surface area contributed by atoms with E-state index in [4.69, 9.17) is 14.6 Å². The Kier molecular flexibility index (Phi) is 13.6. The lowest BCUT2D eigenvalue weighted by Gasteiger charge is -2.19. The van der Waals surface area contributed by atoms with E-state index in [1.807, 2.05) is 81.4 Å². The molecule has 7 nitrogen and oxygen atoms in total. The van der Waals surface area contributed by atoms with Crippen LogP contribution in [0.4, 0.5) is 4.79 Å². The van der Waals surface area contributed by atoms with Gasteiger partial charge in [0.1, 0.15) is 24.2 Å². The van der Waals surface area contributed by atoms with Gasteiger partial charge in [-0.1, -0.05) is 54.6 Å². The molecule has 194 valence electrons. The number of hydrogen-bond acceptors (Lipinski definition) is 6. The normalized spacial score (nSPS) is 10.1. The SMILES string of the molecule is CC(C)(C)OC(=O)NCc1cccc(-c2cccc(COc3ccccc3CC=O)c2)c1.CN.CO. The van der Waals surface area contributed by atoms with Crippen molar-refractivity contribution >= 4 is 12.4 Å². The summed E-state index contributed by atoms with van der Waals surface area (Å²) < 4.78 is 11.3. The zero-order chi connectivity index (χ0) is 27.0. The number of ether oxygens (including phenoxy) is 2. The molecule has 3 aromatic rings. The topological polar surface area (TPSA) is 111 Å². The molecule has 0 aliphatic heterocycles. The largest absolute Gasteiger partial charge is 0.489 e. The van der Waals surface area contributed by atoms with Crippen molar-refractivity contribution in [2.75, 3.05) is 14.2 Å². The van der Waals surface area contributed by atoms with Crippen molar-refractivity contribution in [3.63, 3.8) is 0 Å². The molecule has 0 fully saturated rings. The second-order valence-electron chi connectivity index (χ2n) is 8.52. The van der Waals surface area contributed by atoms with Crippen molar-refractivity contribution in [3.8, 4) is 16.9 Å². The number of nitrogens with two attached hydrogens (primary N) is 1. The molecular weight excluding hydrogens is 456 g/mol. The number of alkyl carbamates (subject to hydrolysis) is 1. The van der Waals surface area contributed by atoms with E-state index < -0.39 is 11.7 Å². The summed E-state index contributed by atoms with van der Waals surface area (Å²) >= 11 is 0. The molecule has 0 saturated carbocycles. The average Bonchev–Trinajstić information content (AvgIpc) is 2.89. The monoisotopic (exact) mass is 494 g/mol. The summed E-state index contributed by atoms with van der Waals surface area (Å²) in [4.78, 5) is 22.8. The Balaban J connectivity index is 0.00000154. The first-order valence-corrected chi connectivity index (χ1v) is 11.7. The van der Waals surface area contributed by atoms with Crippen LogP contribution >= 0.6 is 0 Å². The van der Waals surface area contributed by atoms with E-state index in [-0.39, 0.29) is 0 Å². The van der Waals surface area contributed by atoms with Crippen LogP contribution in [0.25, 0.3) is 11.1 Å². The standard InChI is InChI=1S/C27H29NO4.CH5N.CH4O/c1-27(2,3)32-26(30)28-18-20-8-6-11-23(16-20)24-12-7-9-21(17-24)19-31-25-13-5-4-10-22(25)14-15-29;2*1-2/h4-13,15-17H,14,18-19H2,1-3H3,(H,28,30);2H2,1H3;2H,1H3. The molecule has 1 amide bonds. The fraction of sp³-hybridized carbons (Fsp3) is 0.310. The molecule has 3 rings (SSSR count). The number of hydrogen-bond donors (Lipinski definition) is 3. The summed E-state index contributed by atoms with van der Waals surface area (Å²) in [5, 5.41) is 9.79. The number of carbonyl (C=O) groups excluding carboxylic acids is 2. The first-order valence-electron chi connectivity index (χ1n) is 11.7. The minimum absolute atomic E-state index is 0.334. The Hall–Kier alpha value is -3.68. The maximum atomic E-state index is 11.9. The van der Waals surface area contributed by atoms with Gasteiger partial charge in [-0.05, 0) is 68.3 Å². The number of benzene rings is 3. The molecule has 0 heterocycles. The third-order valence-corrected chi connectivity index (χ3v) is 4.69. The first kappa shape index (κ1) is 30.4. The molecule has 7 heteroatoms. The van der Waals surface area contributed by atoms with Crippen molar-refractivity contribution in [3.05, 3.63) is 89.5 Å². The summed E-state index contributed by atoms with van der Waals surface area (Å²) in [5.41, 5.74) is 8.98. The molecule has 0 bridgehead atoms. The molecule has 0 aliphatic rings. The van der Waals surface area contributed by atoms with Crippen LogP contribution in [0.5, 0.6) is 5.75 Å². The van der Waals surface area contributed by atoms with Crippen molar-refractivity contribution in [2.45, 2.75) is 45.9 Å². The van der Waals surface area contributed by atoms with Gasteiger partial charge in [-0.15, -0.1) is 0 Å². The zero-order valence-corrected chi connectivity index (χ0v) is 21.8. The molecule has 0 atom stereocenters. The van der Waals surface area contributed by atoms with Crippen LogP contribution in [0.15, 0.2) is 72.8 Å². The van der Waals surface area contributed by atoms with E-state index in [2.05, 4.69) is 23.2 Å². The molecular formula is C29H38N2O5. The van der Waals surface area contributed by atoms with Gasteiger partial charge in [0.2, 0.25) is 0 Å². The van der Waals surface area contributed by atoms with Gasteiger partial charge < -0.3 is 30.4 Å². The van der Waals surface area contributed by atoms with Crippen LogP contribution in [0, 0.1) is 0 Å². The van der Waals surface area contributed by atoms with E-state index in [1.165, 1.54) is 7.05 Å². The fourth-order valence-electron chi connectivity index (χ4n) is 3.25. The lowest BCUT2D eigenvalue weighted by molar-refractivity contribution is -0.107. The van der Waals surface area contributed by atoms with E-state index in [0.29, 0.717) is 19.6 Å². The van der Waals surface area contributed by atoms with Crippen molar-refractivity contribution in [1.29, 1.82) is 0 Å². The molecule has 0 aliphatic carbocycles. The third-order valence-electron chi connectivity index (χ3n) is 4.69. The molecule has 0 aromatic heterocycles. The number of rotatable bonds is 8. The minimum Gasteiger partial charge on any atom is -0.489 e. The Morgan fingerprint density at radius 1 is 0.917 bits per heavy atom. The number of nitrogens with one attached hydrogen (secondary N) is 1. The maximum Gasteiger partial charge on any atom is 0.407 e. The Bertz CT molecular complexity index is 1080. The van der Waals surface area contributed by atoms with Gasteiger partial charge in [0.15, 0.2) is 0 Å². The number of aldehydes is 1. The highest BCUT2D eigenvalue weighted by Gasteiger charge is 2.15. The van der Waals surface area contributed by atoms with Crippen LogP contribution < -0.4 is 15.8 Å². The number of aliphatic hydroxyl groups excluding tert-OH is 1. The highest BCUT2D eigenvalue weighted by molar-refractivity contribution is 5.68. The van der Waals surface area contributed by atoms with Crippen molar-refractivity contribution in [1.82, 2.24) is 5.32 Å². The summed E-state index contributed by atoms with van der Waals surface area (Å²) in [5.74, 6) is 0.722. The summed E-state index contributed by atoms with van der Waals surface area (Å²) in [7, 11) is 2.50. The van der Waals surface area contributed by atoms with E-state index in [0.717, 1.165) is 47.0 Å². The quantitative estimate of drug-likeness (QED) is 0.385. The smallest absolute Gasteiger partial charge is 0.407 e. The van der Waals surface area contributed by atoms with E-state index in [1.54, 1.807) is 0 Å². The van der Waals surface area contributed by atoms with Gasteiger partial charge in [-0.3, -0.25) is 0 Å². The lowest BCUT2D eigenvalue weighted by Crippen LogP contribution is -2.32. The fourth-order valence-corrected chi connectivity index (χ4v) is 3.25. The van der Waals surface area contributed by atoms with Gasteiger partial charge in [-0.2, -0.15) is 0 Å². The van der Waals surface area contributed by atoms with Crippen LogP contribution in [0.3, 0.4) is 0 Å². The van der Waals surface area contributed by atoms with Gasteiger partial charge in [0.05, 0.1) is 0 Å². The number of carbonyl (C=O) groups is 2. The predicted octanol–water partition coefficient (Wildman–Crippen LogP) is 4.88. The molecule has 0 radical (unpaired) electrons. The van der Waals surface area contributed by atoms with Crippen molar-refractivity contribution < 1.29 is 24.2 Å². The van der Waals surface area contributed by atoms with Crippen molar-refractivity contribution in [2.24, 2.45) is 5.73 Å². The highest BCUT2D eigenvalue weighted by Crippen LogP contribution is 2.24. The van der Waals surface area contributed by atoms with E-state index in [9.17, 15) is 9.59 Å². The molecule has 0 spiro atoms. The minimum atomic E-state index is -0.526. The summed E-state index contributed by atoms with van der Waals surface area (Å²) in [6, 6.07) is 23.8. The maximum absolute atomic E-state index is 11.9.